The fourth-order valence-electron chi connectivity index (χ4n) is 5.15. The van der Waals surface area contributed by atoms with E-state index in [9.17, 15) is 26.3 Å². The molecule has 6 heteroatoms. The Hall–Kier alpha value is -4.06. The highest BCUT2D eigenvalue weighted by atomic mass is 19.4. The monoisotopic (exact) mass is 490 g/mol. The van der Waals surface area contributed by atoms with Gasteiger partial charge in [0.15, 0.2) is 0 Å². The minimum Gasteiger partial charge on any atom is -0.166 e. The molecule has 0 heterocycles. The van der Waals surface area contributed by atoms with Gasteiger partial charge in [0.1, 0.15) is 0 Å². The van der Waals surface area contributed by atoms with Gasteiger partial charge >= 0.3 is 12.4 Å². The van der Waals surface area contributed by atoms with Crippen LogP contribution in [0.25, 0.3) is 22.3 Å². The summed E-state index contributed by atoms with van der Waals surface area (Å²) in [5.74, 6) is 0. The van der Waals surface area contributed by atoms with Gasteiger partial charge in [-0.25, -0.2) is 0 Å². The van der Waals surface area contributed by atoms with Gasteiger partial charge in [0.2, 0.25) is 0 Å². The van der Waals surface area contributed by atoms with Crippen LogP contribution < -0.4 is 0 Å². The highest BCUT2D eigenvalue weighted by Gasteiger charge is 2.38. The van der Waals surface area contributed by atoms with Crippen molar-refractivity contribution in [2.75, 3.05) is 0 Å². The number of benzene rings is 4. The molecule has 6 rings (SSSR count). The Kier molecular flexibility index (Phi) is 4.80. The van der Waals surface area contributed by atoms with Crippen LogP contribution in [0.5, 0.6) is 0 Å². The zero-order chi connectivity index (χ0) is 25.2. The molecule has 0 aliphatic heterocycles. The summed E-state index contributed by atoms with van der Waals surface area (Å²) in [5.41, 5.74) is 6.75. The van der Waals surface area contributed by atoms with E-state index in [4.69, 9.17) is 0 Å². The van der Waals surface area contributed by atoms with E-state index in [0.717, 1.165) is 68.8 Å². The topological polar surface area (TPSA) is 0 Å². The van der Waals surface area contributed by atoms with Crippen molar-refractivity contribution >= 4 is 22.3 Å². The van der Waals surface area contributed by atoms with Crippen LogP contribution in [-0.2, 0) is 12.4 Å². The van der Waals surface area contributed by atoms with Crippen LogP contribution in [-0.4, -0.2) is 0 Å². The Morgan fingerprint density at radius 1 is 0.333 bits per heavy atom. The number of halogens is 6. The van der Waals surface area contributed by atoms with E-state index in [1.807, 2.05) is 48.5 Å². The molecule has 0 atom stereocenters. The smallest absolute Gasteiger partial charge is 0.166 e. The molecule has 0 spiro atoms. The number of rotatable bonds is 2. The molecule has 4 aromatic carbocycles. The van der Waals surface area contributed by atoms with E-state index in [-0.39, 0.29) is 0 Å². The van der Waals surface area contributed by atoms with E-state index in [2.05, 4.69) is 0 Å². The predicted molar refractivity (Wildman–Crippen MR) is 128 cm³/mol. The van der Waals surface area contributed by atoms with Crippen LogP contribution in [0.4, 0.5) is 26.3 Å². The molecule has 0 amide bonds. The van der Waals surface area contributed by atoms with Crippen molar-refractivity contribution in [3.8, 4) is 0 Å². The molecule has 0 N–H and O–H groups in total. The second-order valence-electron chi connectivity index (χ2n) is 8.74. The van der Waals surface area contributed by atoms with Gasteiger partial charge in [-0.2, -0.15) is 26.3 Å². The first-order valence-corrected chi connectivity index (χ1v) is 11.2. The quantitative estimate of drug-likeness (QED) is 0.246. The van der Waals surface area contributed by atoms with Gasteiger partial charge in [0, 0.05) is 0 Å². The van der Waals surface area contributed by atoms with Gasteiger partial charge in [0.05, 0.1) is 11.1 Å². The van der Waals surface area contributed by atoms with Crippen molar-refractivity contribution < 1.29 is 26.3 Å². The largest absolute Gasteiger partial charge is 0.416 e. The SMILES string of the molecule is FC(F)(F)c1ccc(C2=C3C(=C(c4ccc(C(F)(F)F)cc4)c4ccccc43)c3ccccc32)cc1. The van der Waals surface area contributed by atoms with Gasteiger partial charge in [-0.15, -0.1) is 0 Å². The molecule has 2 aliphatic rings. The third kappa shape index (κ3) is 3.40. The number of hydrogen-bond donors (Lipinski definition) is 0. The predicted octanol–water partition coefficient (Wildman–Crippen LogP) is 8.97. The summed E-state index contributed by atoms with van der Waals surface area (Å²) < 4.78 is 79.2. The lowest BCUT2D eigenvalue weighted by Crippen LogP contribution is -2.04. The lowest BCUT2D eigenvalue weighted by molar-refractivity contribution is -0.138. The molecule has 0 unspecified atom stereocenters. The highest BCUT2D eigenvalue weighted by molar-refractivity contribution is 6.35. The summed E-state index contributed by atoms with van der Waals surface area (Å²) in [6, 6.07) is 25.4. The van der Waals surface area contributed by atoms with Gasteiger partial charge < -0.3 is 0 Å². The Balaban J connectivity index is 1.63. The van der Waals surface area contributed by atoms with Crippen molar-refractivity contribution in [1.29, 1.82) is 0 Å². The Labute approximate surface area is 202 Å². The van der Waals surface area contributed by atoms with Crippen molar-refractivity contribution in [1.82, 2.24) is 0 Å². The molecule has 0 saturated carbocycles. The summed E-state index contributed by atoms with van der Waals surface area (Å²) in [5, 5.41) is 0. The van der Waals surface area contributed by atoms with Gasteiger partial charge in [0.25, 0.3) is 0 Å². The van der Waals surface area contributed by atoms with Crippen LogP contribution in [0.3, 0.4) is 0 Å². The lowest BCUT2D eigenvalue weighted by atomic mass is 9.91. The van der Waals surface area contributed by atoms with Crippen LogP contribution in [0.15, 0.2) is 97.1 Å². The average molecular weight is 490 g/mol. The second-order valence-corrected chi connectivity index (χ2v) is 8.74. The average Bonchev–Trinajstić information content (AvgIpc) is 3.36. The molecule has 36 heavy (non-hydrogen) atoms. The van der Waals surface area contributed by atoms with Crippen molar-refractivity contribution in [3.05, 3.63) is 142 Å². The fourth-order valence-corrected chi connectivity index (χ4v) is 5.15. The first kappa shape index (κ1) is 22.4. The Morgan fingerprint density at radius 2 is 0.611 bits per heavy atom. The number of fused-ring (bicyclic) bond motifs is 5. The van der Waals surface area contributed by atoms with Crippen molar-refractivity contribution in [3.63, 3.8) is 0 Å². The molecule has 0 saturated heterocycles. The van der Waals surface area contributed by atoms with Crippen molar-refractivity contribution in [2.45, 2.75) is 12.4 Å². The zero-order valence-corrected chi connectivity index (χ0v) is 18.5. The molecule has 0 radical (unpaired) electrons. The third-order valence-corrected chi connectivity index (χ3v) is 6.68. The molecule has 0 nitrogen and oxygen atoms in total. The molecule has 0 fully saturated rings. The number of alkyl halides is 6. The van der Waals surface area contributed by atoms with Crippen LogP contribution >= 0.6 is 0 Å². The molecule has 2 aliphatic carbocycles. The summed E-state index contributed by atoms with van der Waals surface area (Å²) in [6.07, 6.45) is -8.88. The van der Waals surface area contributed by atoms with E-state index >= 15 is 0 Å². The molecule has 178 valence electrons. The summed E-state index contributed by atoms with van der Waals surface area (Å²) in [4.78, 5) is 0. The van der Waals surface area contributed by atoms with E-state index < -0.39 is 23.5 Å². The van der Waals surface area contributed by atoms with Crippen molar-refractivity contribution in [2.24, 2.45) is 0 Å². The second kappa shape index (κ2) is 7.72. The number of allylic oxidation sites excluding steroid dienone is 2. The summed E-state index contributed by atoms with van der Waals surface area (Å²) in [6.45, 7) is 0. The van der Waals surface area contributed by atoms with Crippen LogP contribution in [0, 0.1) is 0 Å². The zero-order valence-electron chi connectivity index (χ0n) is 18.5. The van der Waals surface area contributed by atoms with Crippen LogP contribution in [0.1, 0.15) is 44.5 Å². The molecule has 0 bridgehead atoms. The third-order valence-electron chi connectivity index (χ3n) is 6.68. The summed E-state index contributed by atoms with van der Waals surface area (Å²) in [7, 11) is 0. The lowest BCUT2D eigenvalue weighted by Gasteiger charge is -2.13. The molecule has 0 aromatic heterocycles. The first-order valence-electron chi connectivity index (χ1n) is 11.2. The van der Waals surface area contributed by atoms with E-state index in [1.165, 1.54) is 24.3 Å². The maximum atomic E-state index is 13.2. The normalized spacial score (nSPS) is 14.7. The minimum atomic E-state index is -4.44. The highest BCUT2D eigenvalue weighted by Crippen LogP contribution is 2.58. The first-order chi connectivity index (χ1) is 17.1. The minimum absolute atomic E-state index is 0.643. The van der Waals surface area contributed by atoms with Crippen LogP contribution in [0.2, 0.25) is 0 Å². The van der Waals surface area contributed by atoms with E-state index in [0.29, 0.717) is 11.1 Å². The van der Waals surface area contributed by atoms with E-state index in [1.54, 1.807) is 0 Å². The number of hydrogen-bond acceptors (Lipinski definition) is 0. The maximum absolute atomic E-state index is 13.2. The Bertz CT molecular complexity index is 1440. The van der Waals surface area contributed by atoms with Gasteiger partial charge in [-0.05, 0) is 79.9 Å². The van der Waals surface area contributed by atoms with Gasteiger partial charge in [-0.1, -0.05) is 72.8 Å². The standard InChI is InChI=1S/C30H16F6/c31-29(32,33)19-13-9-17(10-14-19)25-21-5-1-3-7-23(21)27-26(22-6-2-4-8-24(22)28(25)27)18-11-15-20(16-12-18)30(34,35)36/h1-16H. The molecule has 4 aromatic rings. The molecular formula is C30H16F6. The maximum Gasteiger partial charge on any atom is 0.416 e. The Morgan fingerprint density at radius 3 is 0.889 bits per heavy atom. The fraction of sp³-hybridized carbons (Fsp3) is 0.0667. The van der Waals surface area contributed by atoms with Gasteiger partial charge in [-0.3, -0.25) is 0 Å². The summed E-state index contributed by atoms with van der Waals surface area (Å²) >= 11 is 0. The molecular weight excluding hydrogens is 474 g/mol.